The van der Waals surface area contributed by atoms with Gasteiger partial charge in [0.2, 0.25) is 0 Å². The Balaban J connectivity index is 2.13. The highest BCUT2D eigenvalue weighted by molar-refractivity contribution is 9.09. The number of carbonyl (C=O) groups is 1. The van der Waals surface area contributed by atoms with Crippen LogP contribution in [0.2, 0.25) is 0 Å². The molecule has 3 nitrogen and oxygen atoms in total. The summed E-state index contributed by atoms with van der Waals surface area (Å²) in [7, 11) is 0. The first-order valence-electron chi connectivity index (χ1n) is 7.02. The highest BCUT2D eigenvalue weighted by Crippen LogP contribution is 2.24. The standard InChI is InChI=1S/C15H21BrN2O/c1-12-7-8-13(11-17-12)15(19)18(10-9-16)14-5-3-2-4-6-14/h7-8,11,14H,2-6,9-10H2,1H3. The number of aryl methyl sites for hydroxylation is 1. The molecular formula is C15H21BrN2O. The summed E-state index contributed by atoms with van der Waals surface area (Å²) in [6.45, 7) is 2.71. The van der Waals surface area contributed by atoms with Crippen molar-refractivity contribution in [3.8, 4) is 0 Å². The monoisotopic (exact) mass is 324 g/mol. The third kappa shape index (κ3) is 3.78. The maximum absolute atomic E-state index is 12.6. The van der Waals surface area contributed by atoms with Crippen LogP contribution < -0.4 is 0 Å². The second kappa shape index (κ2) is 7.04. The average molecular weight is 325 g/mol. The molecule has 0 saturated heterocycles. The molecule has 1 aliphatic carbocycles. The van der Waals surface area contributed by atoms with Gasteiger partial charge in [0.05, 0.1) is 5.56 Å². The molecule has 1 saturated carbocycles. The molecule has 0 bridgehead atoms. The molecule has 1 heterocycles. The van der Waals surface area contributed by atoms with Crippen molar-refractivity contribution < 1.29 is 4.79 Å². The quantitative estimate of drug-likeness (QED) is 0.793. The van der Waals surface area contributed by atoms with Crippen LogP contribution in [-0.2, 0) is 0 Å². The van der Waals surface area contributed by atoms with Gasteiger partial charge in [0, 0.05) is 29.8 Å². The van der Waals surface area contributed by atoms with E-state index in [0.29, 0.717) is 11.6 Å². The Morgan fingerprint density at radius 3 is 2.68 bits per heavy atom. The van der Waals surface area contributed by atoms with Crippen molar-refractivity contribution in [2.45, 2.75) is 45.1 Å². The summed E-state index contributed by atoms with van der Waals surface area (Å²) in [5, 5.41) is 0.828. The first-order chi connectivity index (χ1) is 9.22. The molecule has 0 aromatic carbocycles. The van der Waals surface area contributed by atoms with E-state index >= 15 is 0 Å². The predicted octanol–water partition coefficient (Wildman–Crippen LogP) is 3.56. The SMILES string of the molecule is Cc1ccc(C(=O)N(CCBr)C2CCCCC2)cn1. The smallest absolute Gasteiger partial charge is 0.255 e. The van der Waals surface area contributed by atoms with Crippen LogP contribution in [0.1, 0.15) is 48.2 Å². The van der Waals surface area contributed by atoms with Gasteiger partial charge in [-0.2, -0.15) is 0 Å². The Morgan fingerprint density at radius 2 is 2.11 bits per heavy atom. The molecule has 0 atom stereocenters. The second-order valence-corrected chi connectivity index (χ2v) is 5.96. The molecule has 2 rings (SSSR count). The minimum atomic E-state index is 0.124. The fraction of sp³-hybridized carbons (Fsp3) is 0.600. The average Bonchev–Trinajstić information content (AvgIpc) is 2.46. The van der Waals surface area contributed by atoms with Gasteiger partial charge in [-0.3, -0.25) is 9.78 Å². The van der Waals surface area contributed by atoms with E-state index in [1.807, 2.05) is 24.0 Å². The molecule has 0 unspecified atom stereocenters. The summed E-state index contributed by atoms with van der Waals surface area (Å²) in [4.78, 5) is 18.9. The maximum Gasteiger partial charge on any atom is 0.255 e. The summed E-state index contributed by atoms with van der Waals surface area (Å²) in [5.74, 6) is 0.124. The van der Waals surface area contributed by atoms with Gasteiger partial charge in [-0.1, -0.05) is 35.2 Å². The summed E-state index contributed by atoms with van der Waals surface area (Å²) >= 11 is 3.46. The van der Waals surface area contributed by atoms with Crippen molar-refractivity contribution in [3.05, 3.63) is 29.6 Å². The zero-order valence-electron chi connectivity index (χ0n) is 11.4. The van der Waals surface area contributed by atoms with E-state index in [9.17, 15) is 4.79 Å². The van der Waals surface area contributed by atoms with E-state index < -0.39 is 0 Å². The van der Waals surface area contributed by atoms with Crippen LogP contribution in [0.25, 0.3) is 0 Å². The van der Waals surface area contributed by atoms with Gasteiger partial charge in [0.1, 0.15) is 0 Å². The highest BCUT2D eigenvalue weighted by atomic mass is 79.9. The maximum atomic E-state index is 12.6. The van der Waals surface area contributed by atoms with Gasteiger partial charge in [-0.25, -0.2) is 0 Å². The van der Waals surface area contributed by atoms with Gasteiger partial charge in [0.25, 0.3) is 5.91 Å². The van der Waals surface area contributed by atoms with E-state index in [2.05, 4.69) is 20.9 Å². The fourth-order valence-corrected chi connectivity index (χ4v) is 3.08. The van der Waals surface area contributed by atoms with Crippen LogP contribution in [0.5, 0.6) is 0 Å². The lowest BCUT2D eigenvalue weighted by molar-refractivity contribution is 0.0650. The third-order valence-electron chi connectivity index (χ3n) is 3.76. The topological polar surface area (TPSA) is 33.2 Å². The first-order valence-corrected chi connectivity index (χ1v) is 8.14. The Morgan fingerprint density at radius 1 is 1.37 bits per heavy atom. The van der Waals surface area contributed by atoms with Crippen molar-refractivity contribution >= 4 is 21.8 Å². The second-order valence-electron chi connectivity index (χ2n) is 5.17. The number of alkyl halides is 1. The van der Waals surface area contributed by atoms with Gasteiger partial charge >= 0.3 is 0 Å². The zero-order chi connectivity index (χ0) is 13.7. The third-order valence-corrected chi connectivity index (χ3v) is 4.11. The largest absolute Gasteiger partial charge is 0.335 e. The molecule has 1 amide bonds. The van der Waals surface area contributed by atoms with E-state index in [0.717, 1.165) is 30.4 Å². The lowest BCUT2D eigenvalue weighted by Crippen LogP contribution is -2.42. The number of hydrogen-bond acceptors (Lipinski definition) is 2. The van der Waals surface area contributed by atoms with Crippen LogP contribution in [0, 0.1) is 6.92 Å². The van der Waals surface area contributed by atoms with Gasteiger partial charge in [-0.05, 0) is 31.9 Å². The lowest BCUT2D eigenvalue weighted by Gasteiger charge is -2.34. The molecule has 104 valence electrons. The lowest BCUT2D eigenvalue weighted by atomic mass is 9.94. The number of nitrogens with zero attached hydrogens (tertiary/aromatic N) is 2. The number of aromatic nitrogens is 1. The molecule has 1 aromatic rings. The highest BCUT2D eigenvalue weighted by Gasteiger charge is 2.25. The van der Waals surface area contributed by atoms with Crippen LogP contribution in [0.3, 0.4) is 0 Å². The molecule has 0 aliphatic heterocycles. The van der Waals surface area contributed by atoms with Crippen molar-refractivity contribution in [1.82, 2.24) is 9.88 Å². The molecule has 1 fully saturated rings. The summed E-state index contributed by atoms with van der Waals surface area (Å²) in [6.07, 6.45) is 7.75. The summed E-state index contributed by atoms with van der Waals surface area (Å²) in [6, 6.07) is 4.19. The van der Waals surface area contributed by atoms with E-state index in [1.165, 1.54) is 19.3 Å². The predicted molar refractivity (Wildman–Crippen MR) is 80.7 cm³/mol. The van der Waals surface area contributed by atoms with E-state index in [-0.39, 0.29) is 5.91 Å². The number of pyridine rings is 1. The number of halogens is 1. The van der Waals surface area contributed by atoms with Crippen molar-refractivity contribution in [2.75, 3.05) is 11.9 Å². The van der Waals surface area contributed by atoms with Crippen LogP contribution in [-0.4, -0.2) is 33.7 Å². The molecule has 0 N–H and O–H groups in total. The number of carbonyl (C=O) groups excluding carboxylic acids is 1. The normalized spacial score (nSPS) is 16.3. The van der Waals surface area contributed by atoms with Crippen LogP contribution in [0.15, 0.2) is 18.3 Å². The molecule has 19 heavy (non-hydrogen) atoms. The fourth-order valence-electron chi connectivity index (χ4n) is 2.69. The minimum absolute atomic E-state index is 0.124. The molecule has 0 spiro atoms. The first kappa shape index (κ1) is 14.5. The van der Waals surface area contributed by atoms with Gasteiger partial charge < -0.3 is 4.90 Å². The molecular weight excluding hydrogens is 304 g/mol. The Bertz CT molecular complexity index is 413. The van der Waals surface area contributed by atoms with Gasteiger partial charge in [0.15, 0.2) is 0 Å². The van der Waals surface area contributed by atoms with E-state index in [1.54, 1.807) is 6.20 Å². The van der Waals surface area contributed by atoms with Crippen molar-refractivity contribution in [3.63, 3.8) is 0 Å². The Labute approximate surface area is 123 Å². The van der Waals surface area contributed by atoms with Crippen molar-refractivity contribution in [2.24, 2.45) is 0 Å². The Kier molecular flexibility index (Phi) is 5.37. The zero-order valence-corrected chi connectivity index (χ0v) is 13.0. The minimum Gasteiger partial charge on any atom is -0.335 e. The number of hydrogen-bond donors (Lipinski definition) is 0. The van der Waals surface area contributed by atoms with Crippen molar-refractivity contribution in [1.29, 1.82) is 0 Å². The molecule has 1 aromatic heterocycles. The van der Waals surface area contributed by atoms with Crippen LogP contribution in [0.4, 0.5) is 0 Å². The van der Waals surface area contributed by atoms with Crippen LogP contribution >= 0.6 is 15.9 Å². The summed E-state index contributed by atoms with van der Waals surface area (Å²) < 4.78 is 0. The number of rotatable bonds is 4. The summed E-state index contributed by atoms with van der Waals surface area (Å²) in [5.41, 5.74) is 1.65. The molecule has 0 radical (unpaired) electrons. The molecule has 4 heteroatoms. The number of amides is 1. The molecule has 1 aliphatic rings. The van der Waals surface area contributed by atoms with Gasteiger partial charge in [-0.15, -0.1) is 0 Å². The Hall–Kier alpha value is -0.900. The van der Waals surface area contributed by atoms with E-state index in [4.69, 9.17) is 0 Å².